The molecule has 0 spiro atoms. The molecule has 0 unspecified atom stereocenters. The van der Waals surface area contributed by atoms with E-state index in [0.29, 0.717) is 11.5 Å². The van der Waals surface area contributed by atoms with Crippen LogP contribution in [-0.2, 0) is 0 Å². The molecule has 0 amide bonds. The molecule has 1 heterocycles. The minimum Gasteiger partial charge on any atom is -0.453 e. The molecular formula is C44H29NO2. The predicted molar refractivity (Wildman–Crippen MR) is 194 cm³/mol. The number of benzene rings is 8. The zero-order chi connectivity index (χ0) is 31.2. The van der Waals surface area contributed by atoms with Crippen LogP contribution in [-0.4, -0.2) is 0 Å². The smallest absolute Gasteiger partial charge is 0.177 e. The van der Waals surface area contributed by atoms with Crippen molar-refractivity contribution in [2.45, 2.75) is 0 Å². The Bertz CT molecular complexity index is 2400. The molecular weight excluding hydrogens is 574 g/mol. The van der Waals surface area contributed by atoms with Crippen LogP contribution in [0.2, 0.25) is 0 Å². The molecule has 0 aliphatic carbocycles. The van der Waals surface area contributed by atoms with Crippen LogP contribution < -0.4 is 14.4 Å². The fourth-order valence-corrected chi connectivity index (χ4v) is 6.75. The molecule has 1 aliphatic heterocycles. The van der Waals surface area contributed by atoms with Gasteiger partial charge in [0.15, 0.2) is 11.5 Å². The largest absolute Gasteiger partial charge is 0.453 e. The van der Waals surface area contributed by atoms with Crippen LogP contribution in [0.5, 0.6) is 23.0 Å². The lowest BCUT2D eigenvalue weighted by molar-refractivity contribution is 0.441. The van der Waals surface area contributed by atoms with E-state index in [1.807, 2.05) is 36.4 Å². The molecule has 0 atom stereocenters. The summed E-state index contributed by atoms with van der Waals surface area (Å²) in [4.78, 5) is 2.31. The van der Waals surface area contributed by atoms with Crippen LogP contribution in [0.3, 0.4) is 0 Å². The number of nitrogens with zero attached hydrogens (tertiary/aromatic N) is 1. The summed E-state index contributed by atoms with van der Waals surface area (Å²) in [7, 11) is 0. The lowest BCUT2D eigenvalue weighted by Crippen LogP contribution is -2.11. The third-order valence-electron chi connectivity index (χ3n) is 8.91. The zero-order valence-corrected chi connectivity index (χ0v) is 25.5. The maximum absolute atomic E-state index is 6.76. The second-order valence-corrected chi connectivity index (χ2v) is 11.7. The number of para-hydroxylation sites is 3. The van der Waals surface area contributed by atoms with Crippen molar-refractivity contribution in [2.24, 2.45) is 0 Å². The number of hydrogen-bond donors (Lipinski definition) is 0. The Labute approximate surface area is 273 Å². The van der Waals surface area contributed by atoms with Crippen LogP contribution >= 0.6 is 0 Å². The van der Waals surface area contributed by atoms with Gasteiger partial charge in [0.05, 0.1) is 11.1 Å². The third kappa shape index (κ3) is 4.68. The molecule has 0 saturated heterocycles. The molecule has 9 rings (SSSR count). The molecule has 0 saturated carbocycles. The second kappa shape index (κ2) is 11.2. The highest BCUT2D eigenvalue weighted by atomic mass is 16.5. The molecule has 47 heavy (non-hydrogen) atoms. The Balaban J connectivity index is 1.19. The Morgan fingerprint density at radius 1 is 0.362 bits per heavy atom. The maximum atomic E-state index is 6.76. The SMILES string of the molecule is c1ccc(N(c2ccc(-c3cccc4ccccc34)cc2)c2ccccc2-c2cccc3c2Oc2cccc4cccc(c24)O3)cc1. The van der Waals surface area contributed by atoms with Crippen LogP contribution in [0.15, 0.2) is 176 Å². The van der Waals surface area contributed by atoms with Crippen LogP contribution in [0.25, 0.3) is 43.8 Å². The fraction of sp³-hybridized carbons (Fsp3) is 0. The Morgan fingerprint density at radius 2 is 0.936 bits per heavy atom. The highest BCUT2D eigenvalue weighted by Gasteiger charge is 2.24. The number of ether oxygens (including phenoxy) is 2. The third-order valence-corrected chi connectivity index (χ3v) is 8.91. The number of fused-ring (bicyclic) bond motifs is 2. The van der Waals surface area contributed by atoms with Gasteiger partial charge in [-0.25, -0.2) is 0 Å². The van der Waals surface area contributed by atoms with E-state index >= 15 is 0 Å². The van der Waals surface area contributed by atoms with E-state index in [9.17, 15) is 0 Å². The minimum atomic E-state index is 0.687. The van der Waals surface area contributed by atoms with Crippen molar-refractivity contribution in [3.8, 4) is 45.3 Å². The van der Waals surface area contributed by atoms with Crippen molar-refractivity contribution in [3.63, 3.8) is 0 Å². The normalized spacial score (nSPS) is 11.7. The summed E-state index contributed by atoms with van der Waals surface area (Å²) in [6.07, 6.45) is 0. The average molecular weight is 604 g/mol. The molecule has 0 fully saturated rings. The van der Waals surface area contributed by atoms with E-state index in [4.69, 9.17) is 9.47 Å². The van der Waals surface area contributed by atoms with Gasteiger partial charge < -0.3 is 14.4 Å². The van der Waals surface area contributed by atoms with Gasteiger partial charge in [0, 0.05) is 22.5 Å². The van der Waals surface area contributed by atoms with Crippen molar-refractivity contribution in [3.05, 3.63) is 176 Å². The predicted octanol–water partition coefficient (Wildman–Crippen LogP) is 12.7. The molecule has 8 aromatic carbocycles. The second-order valence-electron chi connectivity index (χ2n) is 11.7. The summed E-state index contributed by atoms with van der Waals surface area (Å²) in [5, 5.41) is 4.54. The summed E-state index contributed by atoms with van der Waals surface area (Å²) >= 11 is 0. The quantitative estimate of drug-likeness (QED) is 0.195. The molecule has 1 aliphatic rings. The van der Waals surface area contributed by atoms with E-state index in [-0.39, 0.29) is 0 Å². The summed E-state index contributed by atoms with van der Waals surface area (Å²) in [6, 6.07) is 61.3. The minimum absolute atomic E-state index is 0.687. The first-order valence-corrected chi connectivity index (χ1v) is 15.9. The molecule has 222 valence electrons. The molecule has 0 bridgehead atoms. The number of anilines is 3. The average Bonchev–Trinajstić information content (AvgIpc) is 3.30. The molecule has 3 nitrogen and oxygen atoms in total. The lowest BCUT2D eigenvalue weighted by Gasteiger charge is -2.28. The first-order valence-electron chi connectivity index (χ1n) is 15.9. The number of hydrogen-bond acceptors (Lipinski definition) is 3. The first-order chi connectivity index (χ1) is 23.3. The van der Waals surface area contributed by atoms with E-state index < -0.39 is 0 Å². The van der Waals surface area contributed by atoms with E-state index in [1.54, 1.807) is 0 Å². The van der Waals surface area contributed by atoms with Crippen molar-refractivity contribution in [1.82, 2.24) is 0 Å². The van der Waals surface area contributed by atoms with Gasteiger partial charge in [-0.15, -0.1) is 0 Å². The molecule has 0 N–H and O–H groups in total. The van der Waals surface area contributed by atoms with E-state index in [1.165, 1.54) is 21.9 Å². The standard InChI is InChI=1S/C44H29NO2/c1-2-16-33(17-3-1)45(34-28-26-31(27-29-34)36-20-8-13-30-12-4-5-18-35(30)36)39-22-7-6-19-37(39)38-21-11-25-42-44(38)47-41-24-10-15-32-14-9-23-40(46-42)43(32)41/h1-29H. The lowest BCUT2D eigenvalue weighted by atomic mass is 9.97. The van der Waals surface area contributed by atoms with Crippen molar-refractivity contribution >= 4 is 38.6 Å². The molecule has 3 heteroatoms. The van der Waals surface area contributed by atoms with Crippen molar-refractivity contribution in [1.29, 1.82) is 0 Å². The van der Waals surface area contributed by atoms with Crippen LogP contribution in [0, 0.1) is 0 Å². The molecule has 0 aromatic heterocycles. The molecule has 0 radical (unpaired) electrons. The topological polar surface area (TPSA) is 21.7 Å². The van der Waals surface area contributed by atoms with Gasteiger partial charge in [-0.3, -0.25) is 0 Å². The van der Waals surface area contributed by atoms with Gasteiger partial charge in [-0.1, -0.05) is 127 Å². The highest BCUT2D eigenvalue weighted by Crippen LogP contribution is 2.51. The summed E-state index contributed by atoms with van der Waals surface area (Å²) in [5.74, 6) is 2.96. The summed E-state index contributed by atoms with van der Waals surface area (Å²) in [5.41, 5.74) is 7.55. The van der Waals surface area contributed by atoms with Gasteiger partial charge in [-0.2, -0.15) is 0 Å². The van der Waals surface area contributed by atoms with Crippen LogP contribution in [0.4, 0.5) is 17.1 Å². The summed E-state index contributed by atoms with van der Waals surface area (Å²) < 4.78 is 13.3. The summed E-state index contributed by atoms with van der Waals surface area (Å²) in [6.45, 7) is 0. The van der Waals surface area contributed by atoms with Crippen LogP contribution in [0.1, 0.15) is 0 Å². The highest BCUT2D eigenvalue weighted by molar-refractivity contribution is 5.98. The first kappa shape index (κ1) is 27.0. The monoisotopic (exact) mass is 603 g/mol. The van der Waals surface area contributed by atoms with Crippen molar-refractivity contribution in [2.75, 3.05) is 4.90 Å². The number of rotatable bonds is 5. The van der Waals surface area contributed by atoms with E-state index in [2.05, 4.69) is 144 Å². The van der Waals surface area contributed by atoms with Gasteiger partial charge in [-0.05, 0) is 75.8 Å². The maximum Gasteiger partial charge on any atom is 0.177 e. The Hall–Kier alpha value is -6.32. The van der Waals surface area contributed by atoms with E-state index in [0.717, 1.165) is 50.5 Å². The van der Waals surface area contributed by atoms with Crippen molar-refractivity contribution < 1.29 is 9.47 Å². The zero-order valence-electron chi connectivity index (χ0n) is 25.5. The Kier molecular flexibility index (Phi) is 6.46. The fourth-order valence-electron chi connectivity index (χ4n) is 6.75. The Morgan fingerprint density at radius 3 is 1.79 bits per heavy atom. The van der Waals surface area contributed by atoms with Gasteiger partial charge in [0.25, 0.3) is 0 Å². The van der Waals surface area contributed by atoms with Gasteiger partial charge in [0.2, 0.25) is 0 Å². The van der Waals surface area contributed by atoms with Gasteiger partial charge >= 0.3 is 0 Å². The van der Waals surface area contributed by atoms with Gasteiger partial charge in [0.1, 0.15) is 11.5 Å². The molecule has 8 aromatic rings.